The summed E-state index contributed by atoms with van der Waals surface area (Å²) in [6.45, 7) is 3.32. The molecule has 2 heterocycles. The third kappa shape index (κ3) is 7.25. The van der Waals surface area contributed by atoms with E-state index in [1.54, 1.807) is 0 Å². The molecule has 0 aromatic carbocycles. The summed E-state index contributed by atoms with van der Waals surface area (Å²) in [4.78, 5) is 7.09. The predicted molar refractivity (Wildman–Crippen MR) is 93.2 cm³/mol. The van der Waals surface area contributed by atoms with Gasteiger partial charge in [0.15, 0.2) is 0 Å². The Morgan fingerprint density at radius 3 is 1.84 bits per heavy atom. The Hall–Kier alpha value is 0.604. The van der Waals surface area contributed by atoms with Crippen LogP contribution in [0.3, 0.4) is 0 Å². The summed E-state index contributed by atoms with van der Waals surface area (Å²) < 4.78 is 0. The van der Waals surface area contributed by atoms with Crippen LogP contribution >= 0.6 is 0 Å². The Kier molecular flexibility index (Phi) is 9.62. The van der Waals surface area contributed by atoms with E-state index >= 15 is 0 Å². The van der Waals surface area contributed by atoms with Gasteiger partial charge in [-0.25, -0.2) is 0 Å². The molecule has 110 valence electrons. The van der Waals surface area contributed by atoms with E-state index in [0.29, 0.717) is 0 Å². The molecule has 0 amide bonds. The molecule has 2 aliphatic rings. The van der Waals surface area contributed by atoms with E-state index in [1.165, 1.54) is 57.7 Å². The summed E-state index contributed by atoms with van der Waals surface area (Å²) >= 11 is -0.543. The monoisotopic (exact) mass is 369 g/mol. The Morgan fingerprint density at radius 2 is 1.42 bits per heavy atom. The Balaban J connectivity index is 0.000000399. The van der Waals surface area contributed by atoms with Crippen LogP contribution in [0.25, 0.3) is 0 Å². The number of fused-ring (bicyclic) bond motifs is 2. The molecule has 0 nitrogen and oxygen atoms in total. The minimum absolute atomic E-state index is 0.543. The quantitative estimate of drug-likeness (QED) is 0.403. The van der Waals surface area contributed by atoms with E-state index in [4.69, 9.17) is 0 Å². The van der Waals surface area contributed by atoms with Crippen LogP contribution in [0.5, 0.6) is 0 Å². The Labute approximate surface area is 129 Å². The molecule has 0 saturated carbocycles. The van der Waals surface area contributed by atoms with Crippen LogP contribution in [0.2, 0.25) is 32.8 Å². The van der Waals surface area contributed by atoms with Crippen molar-refractivity contribution in [3.05, 3.63) is 12.2 Å². The molecule has 0 aliphatic carbocycles. The second-order valence-corrected chi connectivity index (χ2v) is 15.6. The van der Waals surface area contributed by atoms with Gasteiger partial charge >= 0.3 is 34.6 Å². The zero-order chi connectivity index (χ0) is 14.1. The van der Waals surface area contributed by atoms with E-state index in [2.05, 4.69) is 33.9 Å². The molecule has 0 aromatic rings. The van der Waals surface area contributed by atoms with Crippen LogP contribution in [0.4, 0.5) is 0 Å². The van der Waals surface area contributed by atoms with Gasteiger partial charge in [0, 0.05) is 0 Å². The molecule has 2 saturated heterocycles. The first-order valence-electron chi connectivity index (χ1n) is 8.56. The minimum atomic E-state index is -0.543. The molecule has 0 N–H and O–H groups in total. The first-order valence-corrected chi connectivity index (χ1v) is 17.1. The van der Waals surface area contributed by atoms with Gasteiger partial charge in [0.05, 0.1) is 0 Å². The predicted octanol–water partition coefficient (Wildman–Crippen LogP) is 6.32. The molecule has 0 atom stereocenters. The summed E-state index contributed by atoms with van der Waals surface area (Å²) in [6, 6.07) is 0. The summed E-state index contributed by atoms with van der Waals surface area (Å²) in [5.41, 5.74) is 0. The normalized spacial score (nSPS) is 27.4. The van der Waals surface area contributed by atoms with Crippen LogP contribution in [0.15, 0.2) is 12.2 Å². The fourth-order valence-electron chi connectivity index (χ4n) is 3.74. The van der Waals surface area contributed by atoms with Crippen molar-refractivity contribution < 1.29 is 0 Å². The van der Waals surface area contributed by atoms with Crippen LogP contribution in [-0.2, 0) is 0 Å². The van der Waals surface area contributed by atoms with E-state index < -0.39 is 19.8 Å². The standard InChI is InChI=1S/C14H25B.3CH3.Sn/c1-2-3-4-5-12-15-13-8-6-9-14(15)11-7-10-13;;;;/h4-5,13-14H,2-3,6-12H2,1H3;3*1H3;/q-1;;;;/b5-4+;;;;. The molecule has 2 rings (SSSR count). The van der Waals surface area contributed by atoms with Crippen LogP contribution < -0.4 is 0 Å². The van der Waals surface area contributed by atoms with Crippen molar-refractivity contribution in [2.45, 2.75) is 91.1 Å². The van der Waals surface area contributed by atoms with Crippen molar-refractivity contribution in [1.82, 2.24) is 0 Å². The zero-order valence-corrected chi connectivity index (χ0v) is 16.6. The average molecular weight is 368 g/mol. The second kappa shape index (κ2) is 10.3. The molecule has 0 spiro atoms. The summed E-state index contributed by atoms with van der Waals surface area (Å²) in [6.07, 6.45) is 18.0. The van der Waals surface area contributed by atoms with Crippen molar-refractivity contribution in [3.8, 4) is 0 Å². The summed E-state index contributed by atoms with van der Waals surface area (Å²) in [5, 5.41) is 0. The topological polar surface area (TPSA) is 0 Å². The van der Waals surface area contributed by atoms with Gasteiger partial charge in [0.2, 0.25) is 0 Å². The van der Waals surface area contributed by atoms with Crippen molar-refractivity contribution in [2.24, 2.45) is 0 Å². The van der Waals surface area contributed by atoms with Gasteiger partial charge in [0.1, 0.15) is 0 Å². The van der Waals surface area contributed by atoms with Gasteiger partial charge in [-0.15, -0.1) is 12.8 Å². The molecule has 19 heavy (non-hydrogen) atoms. The second-order valence-electron chi connectivity index (χ2n) is 7.04. The molecule has 2 bridgehead atoms. The van der Waals surface area contributed by atoms with Gasteiger partial charge in [-0.05, 0) is 6.42 Å². The molecule has 2 fully saturated rings. The number of rotatable bonds is 4. The number of hydrogen-bond acceptors (Lipinski definition) is 0. The zero-order valence-electron chi connectivity index (χ0n) is 13.8. The van der Waals surface area contributed by atoms with E-state index in [0.717, 1.165) is 18.3 Å². The molecule has 2 radical (unpaired) electrons. The number of allylic oxidation sites excluding steroid dienone is 2. The first-order chi connectivity index (χ1) is 9.15. The number of hydrogen-bond donors (Lipinski definition) is 0. The van der Waals surface area contributed by atoms with Gasteiger partial charge in [-0.1, -0.05) is 57.9 Å². The average Bonchev–Trinajstić information content (AvgIpc) is 2.33. The summed E-state index contributed by atoms with van der Waals surface area (Å²) in [5.74, 6) is 2.17. The molecule has 2 aliphatic heterocycles. The third-order valence-electron chi connectivity index (χ3n) is 4.54. The molecule has 0 aromatic heterocycles. The van der Waals surface area contributed by atoms with Crippen molar-refractivity contribution in [2.75, 3.05) is 0 Å². The van der Waals surface area contributed by atoms with E-state index in [1.807, 2.05) is 0 Å². The van der Waals surface area contributed by atoms with Gasteiger partial charge in [-0.2, -0.15) is 18.0 Å². The molecular formula is C17H34BSn-. The van der Waals surface area contributed by atoms with Gasteiger partial charge in [-0.3, -0.25) is 0 Å². The van der Waals surface area contributed by atoms with Gasteiger partial charge < -0.3 is 0 Å². The van der Waals surface area contributed by atoms with Crippen LogP contribution in [0.1, 0.15) is 58.3 Å². The SMILES string of the molecule is CCC/C=C/C[B-]1C2CCCC1CCC2.[CH3][Sn]([CH3])[CH3]. The maximum atomic E-state index is 2.48. The van der Waals surface area contributed by atoms with E-state index in [-0.39, 0.29) is 0 Å². The van der Waals surface area contributed by atoms with Crippen molar-refractivity contribution in [3.63, 3.8) is 0 Å². The molecule has 2 heteroatoms. The van der Waals surface area contributed by atoms with Crippen molar-refractivity contribution >= 4 is 26.5 Å². The molecular weight excluding hydrogens is 334 g/mol. The first kappa shape index (κ1) is 17.7. The number of unbranched alkanes of at least 4 members (excludes halogenated alkanes) is 1. The van der Waals surface area contributed by atoms with E-state index in [9.17, 15) is 0 Å². The summed E-state index contributed by atoms with van der Waals surface area (Å²) in [7, 11) is 0. The van der Waals surface area contributed by atoms with Crippen LogP contribution in [-0.4, -0.2) is 26.5 Å². The fraction of sp³-hybridized carbons (Fsp3) is 0.882. The van der Waals surface area contributed by atoms with Crippen LogP contribution in [0, 0.1) is 0 Å². The Morgan fingerprint density at radius 1 is 0.947 bits per heavy atom. The van der Waals surface area contributed by atoms with Gasteiger partial charge in [0.25, 0.3) is 0 Å². The Bertz CT molecular complexity index is 225. The van der Waals surface area contributed by atoms with Crippen molar-refractivity contribution in [1.29, 1.82) is 0 Å². The fourth-order valence-corrected chi connectivity index (χ4v) is 3.74. The third-order valence-corrected chi connectivity index (χ3v) is 4.54. The molecule has 0 unspecified atom stereocenters. The maximum absolute atomic E-state index is 2.48.